The zero-order chi connectivity index (χ0) is 22.4. The number of benzene rings is 2. The average Bonchev–Trinajstić information content (AvgIpc) is 2.78. The van der Waals surface area contributed by atoms with Gasteiger partial charge in [0.05, 0.1) is 16.9 Å². The lowest BCUT2D eigenvalue weighted by atomic mass is 10.1. The van der Waals surface area contributed by atoms with Crippen LogP contribution in [0, 0.1) is 0 Å². The van der Waals surface area contributed by atoms with Crippen molar-refractivity contribution in [3.05, 3.63) is 69.7 Å². The Balaban J connectivity index is 1.94. The van der Waals surface area contributed by atoms with Crippen LogP contribution in [0.4, 0.5) is 0 Å². The van der Waals surface area contributed by atoms with Crippen molar-refractivity contribution in [1.82, 2.24) is 14.5 Å². The van der Waals surface area contributed by atoms with Gasteiger partial charge in [-0.05, 0) is 56.2 Å². The van der Waals surface area contributed by atoms with Crippen molar-refractivity contribution in [2.24, 2.45) is 0 Å². The number of carbonyl (C=O) groups excluding carboxylic acids is 1. The minimum Gasteiger partial charge on any atom is -0.484 e. The molecule has 1 aromatic heterocycles. The first-order valence-corrected chi connectivity index (χ1v) is 11.0. The van der Waals surface area contributed by atoms with Gasteiger partial charge in [-0.25, -0.2) is 4.98 Å². The van der Waals surface area contributed by atoms with E-state index in [2.05, 4.69) is 0 Å². The van der Waals surface area contributed by atoms with Crippen LogP contribution in [0.1, 0.15) is 45.5 Å². The molecule has 7 heteroatoms. The number of fused-ring (bicyclic) bond motifs is 1. The minimum atomic E-state index is -0.321. The summed E-state index contributed by atoms with van der Waals surface area (Å²) in [6.45, 7) is 6.88. The molecule has 2 aromatic carbocycles. The summed E-state index contributed by atoms with van der Waals surface area (Å²) in [6, 6.07) is 13.9. The number of ether oxygens (including phenoxy) is 1. The van der Waals surface area contributed by atoms with Crippen LogP contribution >= 0.6 is 11.6 Å². The Labute approximate surface area is 187 Å². The maximum absolute atomic E-state index is 13.2. The number of amides is 1. The highest BCUT2D eigenvalue weighted by Crippen LogP contribution is 2.25. The molecule has 0 saturated carbocycles. The summed E-state index contributed by atoms with van der Waals surface area (Å²) < 4.78 is 7.37. The molecule has 1 unspecified atom stereocenters. The first kappa shape index (κ1) is 22.8. The van der Waals surface area contributed by atoms with Gasteiger partial charge in [0.1, 0.15) is 11.6 Å². The summed E-state index contributed by atoms with van der Waals surface area (Å²) in [5.41, 5.74) is 0.565. The highest BCUT2D eigenvalue weighted by atomic mass is 35.5. The molecule has 6 nitrogen and oxygen atoms in total. The van der Waals surface area contributed by atoms with E-state index in [0.29, 0.717) is 47.0 Å². The molecule has 0 aliphatic carbocycles. The van der Waals surface area contributed by atoms with Gasteiger partial charge in [0.15, 0.2) is 6.61 Å². The summed E-state index contributed by atoms with van der Waals surface area (Å²) in [7, 11) is 0. The SMILES string of the molecule is CCCN(C(=O)COc1ccc(Cl)cc1)C(CC)c1nc2ccccc2c(=O)n1CC. The van der Waals surface area contributed by atoms with Gasteiger partial charge in [-0.1, -0.05) is 37.6 Å². The van der Waals surface area contributed by atoms with Crippen LogP contribution in [-0.4, -0.2) is 33.5 Å². The van der Waals surface area contributed by atoms with Crippen LogP contribution in [-0.2, 0) is 11.3 Å². The molecule has 0 saturated heterocycles. The van der Waals surface area contributed by atoms with Crippen LogP contribution < -0.4 is 10.3 Å². The Morgan fingerprint density at radius 3 is 2.48 bits per heavy atom. The van der Waals surface area contributed by atoms with Crippen molar-refractivity contribution in [2.45, 2.75) is 46.2 Å². The topological polar surface area (TPSA) is 64.4 Å². The molecular weight excluding hydrogens is 414 g/mol. The highest BCUT2D eigenvalue weighted by molar-refractivity contribution is 6.30. The molecule has 3 aromatic rings. The Kier molecular flexibility index (Phi) is 7.69. The monoisotopic (exact) mass is 441 g/mol. The van der Waals surface area contributed by atoms with Crippen LogP contribution in [0.5, 0.6) is 5.75 Å². The molecule has 1 atom stereocenters. The lowest BCUT2D eigenvalue weighted by molar-refractivity contribution is -0.136. The molecule has 0 aliphatic rings. The van der Waals surface area contributed by atoms with E-state index in [1.54, 1.807) is 39.8 Å². The second-order valence-electron chi connectivity index (χ2n) is 7.29. The number of hydrogen-bond donors (Lipinski definition) is 0. The predicted octanol–water partition coefficient (Wildman–Crippen LogP) is 4.84. The quantitative estimate of drug-likeness (QED) is 0.476. The molecule has 1 heterocycles. The van der Waals surface area contributed by atoms with Gasteiger partial charge < -0.3 is 9.64 Å². The second kappa shape index (κ2) is 10.4. The van der Waals surface area contributed by atoms with Crippen LogP contribution in [0.3, 0.4) is 0 Å². The van der Waals surface area contributed by atoms with Crippen molar-refractivity contribution in [3.63, 3.8) is 0 Å². The Morgan fingerprint density at radius 1 is 1.13 bits per heavy atom. The summed E-state index contributed by atoms with van der Waals surface area (Å²) in [5, 5.41) is 1.19. The first-order chi connectivity index (χ1) is 15.0. The molecule has 0 spiro atoms. The molecule has 0 N–H and O–H groups in total. The maximum Gasteiger partial charge on any atom is 0.261 e. The van der Waals surface area contributed by atoms with Gasteiger partial charge in [0.25, 0.3) is 11.5 Å². The standard InChI is InChI=1S/C24H28ClN3O3/c1-4-15-28(22(29)16-31-18-13-11-17(25)12-14-18)21(5-2)23-26-20-10-8-7-9-19(20)24(30)27(23)6-3/h7-14,21H,4-6,15-16H2,1-3H3. The smallest absolute Gasteiger partial charge is 0.261 e. The first-order valence-electron chi connectivity index (χ1n) is 10.7. The third kappa shape index (κ3) is 5.07. The van der Waals surface area contributed by atoms with Crippen molar-refractivity contribution < 1.29 is 9.53 Å². The van der Waals surface area contributed by atoms with Gasteiger partial charge in [-0.2, -0.15) is 0 Å². The third-order valence-corrected chi connectivity index (χ3v) is 5.48. The van der Waals surface area contributed by atoms with E-state index in [4.69, 9.17) is 21.3 Å². The fraction of sp³-hybridized carbons (Fsp3) is 0.375. The maximum atomic E-state index is 13.2. The van der Waals surface area contributed by atoms with E-state index < -0.39 is 0 Å². The minimum absolute atomic E-state index is 0.0807. The van der Waals surface area contributed by atoms with Crippen LogP contribution in [0.2, 0.25) is 5.02 Å². The largest absolute Gasteiger partial charge is 0.484 e. The average molecular weight is 442 g/mol. The normalized spacial score (nSPS) is 12.0. The van der Waals surface area contributed by atoms with Gasteiger partial charge >= 0.3 is 0 Å². The number of nitrogens with zero attached hydrogens (tertiary/aromatic N) is 3. The van der Waals surface area contributed by atoms with Gasteiger partial charge in [-0.15, -0.1) is 0 Å². The lowest BCUT2D eigenvalue weighted by Gasteiger charge is -2.32. The molecule has 0 radical (unpaired) electrons. The zero-order valence-electron chi connectivity index (χ0n) is 18.2. The fourth-order valence-corrected chi connectivity index (χ4v) is 3.87. The number of para-hydroxylation sites is 1. The molecule has 31 heavy (non-hydrogen) atoms. The molecule has 0 bridgehead atoms. The van der Waals surface area contributed by atoms with E-state index in [-0.39, 0.29) is 24.1 Å². The molecule has 164 valence electrons. The number of rotatable bonds is 9. The van der Waals surface area contributed by atoms with Crippen molar-refractivity contribution in [2.75, 3.05) is 13.2 Å². The Bertz CT molecular complexity index is 1100. The Morgan fingerprint density at radius 2 is 1.84 bits per heavy atom. The molecule has 3 rings (SSSR count). The van der Waals surface area contributed by atoms with Gasteiger partial charge in [0, 0.05) is 18.1 Å². The van der Waals surface area contributed by atoms with E-state index in [1.165, 1.54) is 0 Å². The Hall–Kier alpha value is -2.86. The number of aromatic nitrogens is 2. The van der Waals surface area contributed by atoms with Crippen LogP contribution in [0.15, 0.2) is 53.3 Å². The number of hydrogen-bond acceptors (Lipinski definition) is 4. The molecular formula is C24H28ClN3O3. The number of carbonyl (C=O) groups is 1. The second-order valence-corrected chi connectivity index (χ2v) is 7.73. The van der Waals surface area contributed by atoms with Gasteiger partial charge in [0.2, 0.25) is 0 Å². The van der Waals surface area contributed by atoms with Crippen molar-refractivity contribution in [1.29, 1.82) is 0 Å². The van der Waals surface area contributed by atoms with Crippen LogP contribution in [0.25, 0.3) is 10.9 Å². The summed E-state index contributed by atoms with van der Waals surface area (Å²) in [4.78, 5) is 32.8. The van der Waals surface area contributed by atoms with E-state index in [1.807, 2.05) is 39.0 Å². The molecule has 0 aliphatic heterocycles. The number of halogens is 1. The predicted molar refractivity (Wildman–Crippen MR) is 124 cm³/mol. The van der Waals surface area contributed by atoms with Gasteiger partial charge in [-0.3, -0.25) is 14.2 Å². The molecule has 1 amide bonds. The van der Waals surface area contributed by atoms with E-state index >= 15 is 0 Å². The third-order valence-electron chi connectivity index (χ3n) is 5.23. The summed E-state index contributed by atoms with van der Waals surface area (Å²) in [5.74, 6) is 1.05. The summed E-state index contributed by atoms with van der Waals surface area (Å²) in [6.07, 6.45) is 1.42. The fourth-order valence-electron chi connectivity index (χ4n) is 3.74. The van der Waals surface area contributed by atoms with E-state index in [9.17, 15) is 9.59 Å². The van der Waals surface area contributed by atoms with E-state index in [0.717, 1.165) is 6.42 Å². The van der Waals surface area contributed by atoms with Crippen molar-refractivity contribution >= 4 is 28.4 Å². The zero-order valence-corrected chi connectivity index (χ0v) is 18.9. The lowest BCUT2D eigenvalue weighted by Crippen LogP contribution is -2.41. The van der Waals surface area contributed by atoms with Crippen molar-refractivity contribution in [3.8, 4) is 5.75 Å². The summed E-state index contributed by atoms with van der Waals surface area (Å²) >= 11 is 5.91. The molecule has 0 fully saturated rings. The highest BCUT2D eigenvalue weighted by Gasteiger charge is 2.28.